The number of allylic oxidation sites excluding steroid dienone is 1. The van der Waals surface area contributed by atoms with Crippen molar-refractivity contribution >= 4 is 0 Å². The highest BCUT2D eigenvalue weighted by Gasteiger charge is 2.20. The normalized spacial score (nSPS) is 34.8. The molecule has 1 saturated carbocycles. The van der Waals surface area contributed by atoms with Crippen molar-refractivity contribution in [3.8, 4) is 0 Å². The molecule has 1 unspecified atom stereocenters. The second-order valence-electron chi connectivity index (χ2n) is 2.86. The Labute approximate surface area is 56.4 Å². The van der Waals surface area contributed by atoms with Crippen LogP contribution in [0, 0.1) is 11.8 Å². The second-order valence-corrected chi connectivity index (χ2v) is 2.86. The van der Waals surface area contributed by atoms with E-state index in [0.29, 0.717) is 18.4 Å². The van der Waals surface area contributed by atoms with Gasteiger partial charge < -0.3 is 5.11 Å². The van der Waals surface area contributed by atoms with Crippen LogP contribution in [0.2, 0.25) is 0 Å². The summed E-state index contributed by atoms with van der Waals surface area (Å²) in [6, 6.07) is 0. The smallest absolute Gasteiger partial charge is 0.0459 e. The molecule has 0 aromatic rings. The first-order valence-electron chi connectivity index (χ1n) is 3.60. The molecule has 1 rings (SSSR count). The fourth-order valence-electron chi connectivity index (χ4n) is 1.49. The lowest BCUT2D eigenvalue weighted by Gasteiger charge is -2.02. The Kier molecular flexibility index (Phi) is 2.29. The Morgan fingerprint density at radius 2 is 2.33 bits per heavy atom. The summed E-state index contributed by atoms with van der Waals surface area (Å²) in [7, 11) is 0. The van der Waals surface area contributed by atoms with Crippen molar-refractivity contribution in [2.75, 3.05) is 6.61 Å². The zero-order chi connectivity index (χ0) is 6.69. The molecular formula is C8H14O. The van der Waals surface area contributed by atoms with E-state index >= 15 is 0 Å². The first-order chi connectivity index (χ1) is 4.36. The van der Waals surface area contributed by atoms with E-state index in [1.165, 1.54) is 12.8 Å². The van der Waals surface area contributed by atoms with Gasteiger partial charge in [-0.2, -0.15) is 0 Å². The summed E-state index contributed by atoms with van der Waals surface area (Å²) in [5, 5.41) is 8.75. The van der Waals surface area contributed by atoms with Crippen molar-refractivity contribution in [1.29, 1.82) is 0 Å². The Hall–Kier alpha value is -0.300. The molecule has 1 fully saturated rings. The van der Waals surface area contributed by atoms with Crippen molar-refractivity contribution in [1.82, 2.24) is 0 Å². The molecule has 0 aliphatic heterocycles. The number of hydrogen-bond acceptors (Lipinski definition) is 1. The fraction of sp³-hybridized carbons (Fsp3) is 0.750. The molecule has 1 aliphatic carbocycles. The molecular weight excluding hydrogens is 112 g/mol. The molecule has 1 nitrogen and oxygen atoms in total. The highest BCUT2D eigenvalue weighted by atomic mass is 16.3. The average molecular weight is 126 g/mol. The molecule has 0 spiro atoms. The summed E-state index contributed by atoms with van der Waals surface area (Å²) >= 11 is 0. The fourth-order valence-corrected chi connectivity index (χ4v) is 1.49. The van der Waals surface area contributed by atoms with E-state index in [9.17, 15) is 0 Å². The Bertz CT molecular complexity index is 98.7. The summed E-state index contributed by atoms with van der Waals surface area (Å²) in [6.07, 6.45) is 5.58. The monoisotopic (exact) mass is 126 g/mol. The molecule has 0 heterocycles. The van der Waals surface area contributed by atoms with Crippen LogP contribution in [-0.4, -0.2) is 11.7 Å². The summed E-state index contributed by atoms with van der Waals surface area (Å²) in [5.74, 6) is 1.25. The minimum atomic E-state index is 0.365. The van der Waals surface area contributed by atoms with Gasteiger partial charge in [0.05, 0.1) is 0 Å². The minimum Gasteiger partial charge on any atom is -0.396 e. The Morgan fingerprint density at radius 3 is 2.67 bits per heavy atom. The lowest BCUT2D eigenvalue weighted by atomic mass is 10.1. The third-order valence-electron chi connectivity index (χ3n) is 2.17. The van der Waals surface area contributed by atoms with Crippen LogP contribution in [0.1, 0.15) is 19.3 Å². The lowest BCUT2D eigenvalue weighted by Crippen LogP contribution is -1.99. The van der Waals surface area contributed by atoms with Gasteiger partial charge in [0.25, 0.3) is 0 Å². The second kappa shape index (κ2) is 3.02. The summed E-state index contributed by atoms with van der Waals surface area (Å²) in [6.45, 7) is 4.10. The number of aliphatic hydroxyl groups excluding tert-OH is 1. The van der Waals surface area contributed by atoms with Gasteiger partial charge in [-0.05, 0) is 31.1 Å². The van der Waals surface area contributed by atoms with E-state index < -0.39 is 0 Å². The molecule has 0 amide bonds. The predicted octanol–water partition coefficient (Wildman–Crippen LogP) is 1.58. The summed E-state index contributed by atoms with van der Waals surface area (Å²) in [5.41, 5.74) is 0. The SMILES string of the molecule is C=C[C@H]1CCC(CO)C1. The molecule has 0 radical (unpaired) electrons. The van der Waals surface area contributed by atoms with Gasteiger partial charge in [0.1, 0.15) is 0 Å². The van der Waals surface area contributed by atoms with E-state index in [-0.39, 0.29) is 0 Å². The Morgan fingerprint density at radius 1 is 1.56 bits per heavy atom. The van der Waals surface area contributed by atoms with Gasteiger partial charge in [0.2, 0.25) is 0 Å². The zero-order valence-corrected chi connectivity index (χ0v) is 5.71. The first kappa shape index (κ1) is 6.81. The van der Waals surface area contributed by atoms with Crippen LogP contribution in [0.15, 0.2) is 12.7 Å². The van der Waals surface area contributed by atoms with E-state index in [0.717, 1.165) is 6.42 Å². The van der Waals surface area contributed by atoms with Crippen molar-refractivity contribution in [3.05, 3.63) is 12.7 Å². The summed E-state index contributed by atoms with van der Waals surface area (Å²) < 4.78 is 0. The van der Waals surface area contributed by atoms with Gasteiger partial charge in [0, 0.05) is 6.61 Å². The molecule has 52 valence electrons. The van der Waals surface area contributed by atoms with Crippen LogP contribution >= 0.6 is 0 Å². The molecule has 2 atom stereocenters. The van der Waals surface area contributed by atoms with Gasteiger partial charge in [-0.1, -0.05) is 6.08 Å². The topological polar surface area (TPSA) is 20.2 Å². The molecule has 0 saturated heterocycles. The van der Waals surface area contributed by atoms with E-state index in [4.69, 9.17) is 5.11 Å². The van der Waals surface area contributed by atoms with Crippen molar-refractivity contribution in [2.45, 2.75) is 19.3 Å². The van der Waals surface area contributed by atoms with Crippen LogP contribution in [0.5, 0.6) is 0 Å². The van der Waals surface area contributed by atoms with Gasteiger partial charge in [-0.15, -0.1) is 6.58 Å². The molecule has 1 N–H and O–H groups in total. The first-order valence-corrected chi connectivity index (χ1v) is 3.60. The molecule has 0 aromatic carbocycles. The maximum absolute atomic E-state index is 8.75. The van der Waals surface area contributed by atoms with Gasteiger partial charge in [0.15, 0.2) is 0 Å². The maximum Gasteiger partial charge on any atom is 0.0459 e. The zero-order valence-electron chi connectivity index (χ0n) is 5.71. The number of rotatable bonds is 2. The van der Waals surface area contributed by atoms with Crippen LogP contribution in [0.3, 0.4) is 0 Å². The lowest BCUT2D eigenvalue weighted by molar-refractivity contribution is 0.228. The van der Waals surface area contributed by atoms with Crippen molar-refractivity contribution < 1.29 is 5.11 Å². The van der Waals surface area contributed by atoms with Crippen LogP contribution in [0.4, 0.5) is 0 Å². The van der Waals surface area contributed by atoms with E-state index in [1.54, 1.807) is 0 Å². The van der Waals surface area contributed by atoms with Crippen LogP contribution in [-0.2, 0) is 0 Å². The van der Waals surface area contributed by atoms with Crippen molar-refractivity contribution in [3.63, 3.8) is 0 Å². The van der Waals surface area contributed by atoms with E-state index in [2.05, 4.69) is 6.58 Å². The highest BCUT2D eigenvalue weighted by Crippen LogP contribution is 2.30. The Balaban J connectivity index is 2.28. The summed E-state index contributed by atoms with van der Waals surface area (Å²) in [4.78, 5) is 0. The van der Waals surface area contributed by atoms with Gasteiger partial charge >= 0.3 is 0 Å². The molecule has 1 aliphatic rings. The third kappa shape index (κ3) is 1.55. The predicted molar refractivity (Wildman–Crippen MR) is 38.1 cm³/mol. The maximum atomic E-state index is 8.75. The quantitative estimate of drug-likeness (QED) is 0.557. The minimum absolute atomic E-state index is 0.365. The standard InChI is InChI=1S/C8H14O/c1-2-7-3-4-8(5-7)6-9/h2,7-9H,1,3-6H2/t7-,8?/m0/s1. The third-order valence-corrected chi connectivity index (χ3v) is 2.17. The highest BCUT2D eigenvalue weighted by molar-refractivity contribution is 4.86. The van der Waals surface area contributed by atoms with Gasteiger partial charge in [-0.25, -0.2) is 0 Å². The molecule has 1 heteroatoms. The van der Waals surface area contributed by atoms with Crippen molar-refractivity contribution in [2.24, 2.45) is 11.8 Å². The largest absolute Gasteiger partial charge is 0.396 e. The molecule has 0 bridgehead atoms. The van der Waals surface area contributed by atoms with E-state index in [1.807, 2.05) is 6.08 Å². The van der Waals surface area contributed by atoms with Crippen LogP contribution in [0.25, 0.3) is 0 Å². The average Bonchev–Trinajstić information content (AvgIpc) is 2.34. The van der Waals surface area contributed by atoms with Crippen LogP contribution < -0.4 is 0 Å². The van der Waals surface area contributed by atoms with Gasteiger partial charge in [-0.3, -0.25) is 0 Å². The molecule has 9 heavy (non-hydrogen) atoms. The molecule has 0 aromatic heterocycles. The number of hydrogen-bond donors (Lipinski definition) is 1. The number of aliphatic hydroxyl groups is 1.